The normalized spacial score (nSPS) is 14.3. The van der Waals surface area contributed by atoms with Gasteiger partial charge in [-0.1, -0.05) is 34.8 Å². The summed E-state index contributed by atoms with van der Waals surface area (Å²) in [6.07, 6.45) is 2.20. The molecule has 1 amide bonds. The highest BCUT2D eigenvalue weighted by Gasteiger charge is 2.31. The van der Waals surface area contributed by atoms with E-state index in [-0.39, 0.29) is 12.5 Å². The SMILES string of the molecule is CCN(C(=O)CNc1c(Cl)cc(Cl)cc1Cl)C1CC1. The van der Waals surface area contributed by atoms with Crippen molar-refractivity contribution in [2.45, 2.75) is 25.8 Å². The van der Waals surface area contributed by atoms with Crippen LogP contribution in [0.2, 0.25) is 15.1 Å². The van der Waals surface area contributed by atoms with Crippen LogP contribution in [-0.4, -0.2) is 29.9 Å². The van der Waals surface area contributed by atoms with Crippen molar-refractivity contribution in [2.24, 2.45) is 0 Å². The number of rotatable bonds is 5. The second kappa shape index (κ2) is 6.21. The van der Waals surface area contributed by atoms with E-state index in [0.29, 0.717) is 26.8 Å². The molecule has 0 spiro atoms. The summed E-state index contributed by atoms with van der Waals surface area (Å²) in [5.41, 5.74) is 0.549. The Labute approximate surface area is 127 Å². The summed E-state index contributed by atoms with van der Waals surface area (Å²) in [6, 6.07) is 3.61. The van der Waals surface area contributed by atoms with Crippen molar-refractivity contribution >= 4 is 46.4 Å². The van der Waals surface area contributed by atoms with Crippen LogP contribution in [0, 0.1) is 0 Å². The summed E-state index contributed by atoms with van der Waals surface area (Å²) in [7, 11) is 0. The number of halogens is 3. The zero-order chi connectivity index (χ0) is 14.0. The Morgan fingerprint density at radius 2 is 1.89 bits per heavy atom. The molecule has 0 atom stereocenters. The highest BCUT2D eigenvalue weighted by Crippen LogP contribution is 2.33. The molecule has 1 N–H and O–H groups in total. The second-order valence-electron chi connectivity index (χ2n) is 4.51. The largest absolute Gasteiger partial charge is 0.374 e. The van der Waals surface area contributed by atoms with Gasteiger partial charge in [0.15, 0.2) is 0 Å². The monoisotopic (exact) mass is 320 g/mol. The van der Waals surface area contributed by atoms with Gasteiger partial charge in [-0.05, 0) is 31.9 Å². The van der Waals surface area contributed by atoms with Gasteiger partial charge >= 0.3 is 0 Å². The van der Waals surface area contributed by atoms with Crippen LogP contribution in [0.3, 0.4) is 0 Å². The Bertz CT molecular complexity index is 466. The predicted molar refractivity (Wildman–Crippen MR) is 80.4 cm³/mol. The molecule has 0 aliphatic heterocycles. The van der Waals surface area contributed by atoms with Crippen LogP contribution in [0.4, 0.5) is 5.69 Å². The van der Waals surface area contributed by atoms with Crippen LogP contribution in [0.1, 0.15) is 19.8 Å². The van der Waals surface area contributed by atoms with E-state index in [1.807, 2.05) is 11.8 Å². The molecule has 104 valence electrons. The van der Waals surface area contributed by atoms with E-state index < -0.39 is 0 Å². The Morgan fingerprint density at radius 1 is 1.32 bits per heavy atom. The number of nitrogens with zero attached hydrogens (tertiary/aromatic N) is 1. The first-order valence-corrected chi connectivity index (χ1v) is 7.34. The Balaban J connectivity index is 2.00. The maximum Gasteiger partial charge on any atom is 0.242 e. The minimum absolute atomic E-state index is 0.0621. The van der Waals surface area contributed by atoms with E-state index in [4.69, 9.17) is 34.8 Å². The van der Waals surface area contributed by atoms with Gasteiger partial charge in [0, 0.05) is 17.6 Å². The average molecular weight is 322 g/mol. The summed E-state index contributed by atoms with van der Waals surface area (Å²) in [6.45, 7) is 2.90. The van der Waals surface area contributed by atoms with Crippen molar-refractivity contribution in [1.82, 2.24) is 4.90 Å². The van der Waals surface area contributed by atoms with Gasteiger partial charge in [-0.2, -0.15) is 0 Å². The minimum Gasteiger partial charge on any atom is -0.374 e. The molecule has 1 fully saturated rings. The molecule has 0 saturated heterocycles. The van der Waals surface area contributed by atoms with Crippen LogP contribution in [0.15, 0.2) is 12.1 Å². The highest BCUT2D eigenvalue weighted by molar-refractivity contribution is 6.41. The lowest BCUT2D eigenvalue weighted by Gasteiger charge is -2.21. The molecule has 3 nitrogen and oxygen atoms in total. The molecule has 0 radical (unpaired) electrons. The average Bonchev–Trinajstić information content (AvgIpc) is 3.13. The summed E-state index contributed by atoms with van der Waals surface area (Å²) in [4.78, 5) is 13.9. The summed E-state index contributed by atoms with van der Waals surface area (Å²) < 4.78 is 0. The molecule has 2 rings (SSSR count). The third kappa shape index (κ3) is 3.68. The second-order valence-corrected chi connectivity index (χ2v) is 5.76. The molecule has 1 saturated carbocycles. The van der Waals surface area contributed by atoms with Crippen LogP contribution in [0.5, 0.6) is 0 Å². The highest BCUT2D eigenvalue weighted by atomic mass is 35.5. The quantitative estimate of drug-likeness (QED) is 0.886. The number of nitrogens with one attached hydrogen (secondary N) is 1. The molecular formula is C13H15Cl3N2O. The van der Waals surface area contributed by atoms with Crippen molar-refractivity contribution in [3.05, 3.63) is 27.2 Å². The molecule has 0 bridgehead atoms. The first kappa shape index (κ1) is 14.8. The molecule has 19 heavy (non-hydrogen) atoms. The number of likely N-dealkylation sites (N-methyl/N-ethyl adjacent to an activating group) is 1. The van der Waals surface area contributed by atoms with Crippen LogP contribution in [0.25, 0.3) is 0 Å². The van der Waals surface area contributed by atoms with E-state index in [0.717, 1.165) is 19.4 Å². The lowest BCUT2D eigenvalue weighted by molar-refractivity contribution is -0.129. The van der Waals surface area contributed by atoms with Crippen LogP contribution < -0.4 is 5.32 Å². The van der Waals surface area contributed by atoms with E-state index in [1.165, 1.54) is 0 Å². The molecule has 0 aromatic heterocycles. The van der Waals surface area contributed by atoms with Gasteiger partial charge in [0.05, 0.1) is 22.3 Å². The summed E-state index contributed by atoms with van der Waals surface area (Å²) >= 11 is 17.9. The van der Waals surface area contributed by atoms with Crippen molar-refractivity contribution in [3.63, 3.8) is 0 Å². The van der Waals surface area contributed by atoms with Gasteiger partial charge in [0.1, 0.15) is 0 Å². The fourth-order valence-electron chi connectivity index (χ4n) is 2.00. The van der Waals surface area contributed by atoms with Gasteiger partial charge in [0.25, 0.3) is 0 Å². The lowest BCUT2D eigenvalue weighted by atomic mass is 10.3. The molecule has 1 aromatic carbocycles. The van der Waals surface area contributed by atoms with Crippen molar-refractivity contribution in [1.29, 1.82) is 0 Å². The first-order chi connectivity index (χ1) is 9.02. The van der Waals surface area contributed by atoms with Gasteiger partial charge in [-0.3, -0.25) is 4.79 Å². The topological polar surface area (TPSA) is 32.3 Å². The Hall–Kier alpha value is -0.640. The maximum atomic E-state index is 12.1. The number of amides is 1. The van der Waals surface area contributed by atoms with Gasteiger partial charge in [-0.15, -0.1) is 0 Å². The molecule has 0 heterocycles. The van der Waals surface area contributed by atoms with E-state index in [2.05, 4.69) is 5.32 Å². The fourth-order valence-corrected chi connectivity index (χ4v) is 2.95. The van der Waals surface area contributed by atoms with E-state index in [1.54, 1.807) is 12.1 Å². The predicted octanol–water partition coefficient (Wildman–Crippen LogP) is 4.07. The van der Waals surface area contributed by atoms with Crippen molar-refractivity contribution < 1.29 is 4.79 Å². The number of benzene rings is 1. The zero-order valence-electron chi connectivity index (χ0n) is 10.5. The number of anilines is 1. The minimum atomic E-state index is 0.0621. The van der Waals surface area contributed by atoms with Crippen LogP contribution in [-0.2, 0) is 4.79 Å². The molecule has 1 aliphatic rings. The summed E-state index contributed by atoms with van der Waals surface area (Å²) in [5, 5.41) is 4.30. The number of carbonyl (C=O) groups is 1. The Kier molecular flexibility index (Phi) is 4.82. The fraction of sp³-hybridized carbons (Fsp3) is 0.462. The number of carbonyl (C=O) groups excluding carboxylic acids is 1. The molecule has 0 unspecified atom stereocenters. The molecule has 1 aromatic rings. The molecule has 1 aliphatic carbocycles. The maximum absolute atomic E-state index is 12.1. The standard InChI is InChI=1S/C13H15Cl3N2O/c1-2-18(9-3-4-9)12(19)7-17-13-10(15)5-8(14)6-11(13)16/h5-6,9,17H,2-4,7H2,1H3. The lowest BCUT2D eigenvalue weighted by Crippen LogP contribution is -2.37. The van der Waals surface area contributed by atoms with Crippen LogP contribution >= 0.6 is 34.8 Å². The summed E-state index contributed by atoms with van der Waals surface area (Å²) in [5.74, 6) is 0.0621. The van der Waals surface area contributed by atoms with Gasteiger partial charge in [-0.25, -0.2) is 0 Å². The molecule has 6 heteroatoms. The molecular weight excluding hydrogens is 307 g/mol. The van der Waals surface area contributed by atoms with Crippen molar-refractivity contribution in [2.75, 3.05) is 18.4 Å². The van der Waals surface area contributed by atoms with Gasteiger partial charge < -0.3 is 10.2 Å². The smallest absolute Gasteiger partial charge is 0.242 e. The number of hydrogen-bond donors (Lipinski definition) is 1. The number of hydrogen-bond acceptors (Lipinski definition) is 2. The third-order valence-electron chi connectivity index (χ3n) is 3.07. The van der Waals surface area contributed by atoms with Gasteiger partial charge in [0.2, 0.25) is 5.91 Å². The first-order valence-electron chi connectivity index (χ1n) is 6.20. The zero-order valence-corrected chi connectivity index (χ0v) is 12.8. The van der Waals surface area contributed by atoms with E-state index >= 15 is 0 Å². The van der Waals surface area contributed by atoms with E-state index in [9.17, 15) is 4.79 Å². The third-order valence-corrected chi connectivity index (χ3v) is 3.89. The van der Waals surface area contributed by atoms with Crippen molar-refractivity contribution in [3.8, 4) is 0 Å². The Morgan fingerprint density at radius 3 is 2.37 bits per heavy atom.